The molecule has 0 bridgehead atoms. The maximum atomic E-state index is 11.0. The number of carbonyl (C=O) groups excluding carboxylic acids is 1. The van der Waals surface area contributed by atoms with Crippen molar-refractivity contribution in [2.75, 3.05) is 0 Å². The van der Waals surface area contributed by atoms with Crippen LogP contribution < -0.4 is 0 Å². The van der Waals surface area contributed by atoms with Crippen molar-refractivity contribution < 1.29 is 14.6 Å². The molecule has 0 heterocycles. The molecule has 13 heavy (non-hydrogen) atoms. The number of rotatable bonds is 3. The van der Waals surface area contributed by atoms with Crippen molar-refractivity contribution in [1.29, 1.82) is 0 Å². The van der Waals surface area contributed by atoms with Gasteiger partial charge >= 0.3 is 5.97 Å². The van der Waals surface area contributed by atoms with E-state index in [1.807, 2.05) is 13.8 Å². The average molecular weight is 184 g/mol. The summed E-state index contributed by atoms with van der Waals surface area (Å²) >= 11 is 0. The van der Waals surface area contributed by atoms with Gasteiger partial charge in [0.25, 0.3) is 0 Å². The Morgan fingerprint density at radius 3 is 2.31 bits per heavy atom. The fourth-order valence-corrected chi connectivity index (χ4v) is 1.52. The lowest BCUT2D eigenvalue weighted by Crippen LogP contribution is -2.24. The van der Waals surface area contributed by atoms with Crippen molar-refractivity contribution in [1.82, 2.24) is 0 Å². The van der Waals surface area contributed by atoms with E-state index in [9.17, 15) is 4.79 Å². The number of allylic oxidation sites excluding steroid dienone is 1. The first-order valence-corrected chi connectivity index (χ1v) is 4.54. The van der Waals surface area contributed by atoms with Gasteiger partial charge in [0.1, 0.15) is 12.2 Å². The molecule has 0 aromatic rings. The zero-order valence-electron chi connectivity index (χ0n) is 8.50. The highest BCUT2D eigenvalue weighted by atomic mass is 16.6. The Morgan fingerprint density at radius 1 is 1.54 bits per heavy atom. The number of hydrogen-bond acceptors (Lipinski definition) is 3. The Bertz CT molecular complexity index is 253. The van der Waals surface area contributed by atoms with Crippen LogP contribution in [-0.4, -0.2) is 23.3 Å². The van der Waals surface area contributed by atoms with Crippen molar-refractivity contribution in [2.45, 2.75) is 39.9 Å². The summed E-state index contributed by atoms with van der Waals surface area (Å²) in [7, 11) is 0. The Labute approximate surface area is 78.4 Å². The predicted octanol–water partition coefficient (Wildman–Crippen LogP) is 1.27. The van der Waals surface area contributed by atoms with E-state index in [-0.39, 0.29) is 6.10 Å². The highest BCUT2D eigenvalue weighted by molar-refractivity contribution is 5.74. The number of aliphatic hydroxyl groups excluding tert-OH is 1. The molecule has 0 aliphatic heterocycles. The van der Waals surface area contributed by atoms with Crippen LogP contribution in [0.1, 0.15) is 27.7 Å². The van der Waals surface area contributed by atoms with Gasteiger partial charge in [0.15, 0.2) is 0 Å². The molecule has 3 atom stereocenters. The van der Waals surface area contributed by atoms with Crippen molar-refractivity contribution in [2.24, 2.45) is 5.92 Å². The lowest BCUT2D eigenvalue weighted by molar-refractivity contribution is -0.155. The van der Waals surface area contributed by atoms with E-state index in [1.165, 1.54) is 18.1 Å². The Hall–Kier alpha value is -0.830. The van der Waals surface area contributed by atoms with Crippen molar-refractivity contribution in [3.63, 3.8) is 0 Å². The summed E-state index contributed by atoms with van der Waals surface area (Å²) in [6.07, 6.45) is -1.21. The van der Waals surface area contributed by atoms with Crippen LogP contribution in [0.15, 0.2) is 11.1 Å². The minimum absolute atomic E-state index is 0.183. The molecule has 1 rings (SSSR count). The van der Waals surface area contributed by atoms with Crippen LogP contribution in [0.3, 0.4) is 0 Å². The molecule has 0 saturated heterocycles. The molecule has 0 radical (unpaired) electrons. The minimum Gasteiger partial charge on any atom is -0.456 e. The van der Waals surface area contributed by atoms with Crippen LogP contribution in [0, 0.1) is 5.92 Å². The molecule has 0 amide bonds. The van der Waals surface area contributed by atoms with Gasteiger partial charge in [-0.2, -0.15) is 0 Å². The smallest absolute Gasteiger partial charge is 0.335 e. The fraction of sp³-hybridized carbons (Fsp3) is 0.700. The van der Waals surface area contributed by atoms with Crippen LogP contribution in [-0.2, 0) is 9.53 Å². The molecule has 0 fully saturated rings. The molecule has 0 spiro atoms. The maximum absolute atomic E-state index is 11.0. The molecule has 0 aromatic carbocycles. The zero-order valence-corrected chi connectivity index (χ0v) is 8.50. The highest BCUT2D eigenvalue weighted by Crippen LogP contribution is 2.41. The van der Waals surface area contributed by atoms with E-state index in [0.29, 0.717) is 5.92 Å². The lowest BCUT2D eigenvalue weighted by atomic mass is 10.2. The molecule has 1 aliphatic rings. The van der Waals surface area contributed by atoms with Gasteiger partial charge in [-0.15, -0.1) is 0 Å². The summed E-state index contributed by atoms with van der Waals surface area (Å²) in [5, 5.41) is 8.91. The van der Waals surface area contributed by atoms with Gasteiger partial charge < -0.3 is 9.84 Å². The van der Waals surface area contributed by atoms with Gasteiger partial charge in [0, 0.05) is 5.92 Å². The first-order chi connectivity index (χ1) is 5.95. The van der Waals surface area contributed by atoms with Crippen molar-refractivity contribution >= 4 is 5.97 Å². The minimum atomic E-state index is -1.03. The quantitative estimate of drug-likeness (QED) is 0.530. The molecular formula is C10H16O3. The number of hydrogen-bond donors (Lipinski definition) is 1. The predicted molar refractivity (Wildman–Crippen MR) is 49.1 cm³/mol. The third-order valence-corrected chi connectivity index (χ3v) is 2.56. The summed E-state index contributed by atoms with van der Waals surface area (Å²) in [5.41, 5.74) is 2.49. The van der Waals surface area contributed by atoms with E-state index in [1.54, 1.807) is 0 Å². The molecule has 1 N–H and O–H groups in total. The molecule has 0 aromatic heterocycles. The van der Waals surface area contributed by atoms with Gasteiger partial charge in [-0.1, -0.05) is 12.5 Å². The van der Waals surface area contributed by atoms with Gasteiger partial charge in [0.05, 0.1) is 0 Å². The van der Waals surface area contributed by atoms with Crippen molar-refractivity contribution in [3.8, 4) is 0 Å². The monoisotopic (exact) mass is 184 g/mol. The molecule has 74 valence electrons. The molecule has 3 heteroatoms. The van der Waals surface area contributed by atoms with E-state index in [2.05, 4.69) is 6.92 Å². The second kappa shape index (κ2) is 3.50. The number of aliphatic hydroxyl groups is 1. The summed E-state index contributed by atoms with van der Waals surface area (Å²) in [6, 6.07) is 0. The third-order valence-electron chi connectivity index (χ3n) is 2.56. The van der Waals surface area contributed by atoms with Crippen LogP contribution in [0.4, 0.5) is 0 Å². The van der Waals surface area contributed by atoms with Gasteiger partial charge in [-0.3, -0.25) is 0 Å². The summed E-state index contributed by atoms with van der Waals surface area (Å²) in [6.45, 7) is 7.36. The van der Waals surface area contributed by atoms with Gasteiger partial charge in [0.2, 0.25) is 0 Å². The summed E-state index contributed by atoms with van der Waals surface area (Å²) in [4.78, 5) is 11.0. The van der Waals surface area contributed by atoms with E-state index in [0.717, 1.165) is 0 Å². The second-order valence-electron chi connectivity index (χ2n) is 3.62. The molecule has 3 nitrogen and oxygen atoms in total. The lowest BCUT2D eigenvalue weighted by Gasteiger charge is -2.12. The molecule has 1 aliphatic carbocycles. The van der Waals surface area contributed by atoms with Crippen LogP contribution in [0.5, 0.6) is 0 Å². The topological polar surface area (TPSA) is 46.5 Å². The fourth-order valence-electron chi connectivity index (χ4n) is 1.52. The first kappa shape index (κ1) is 10.3. The second-order valence-corrected chi connectivity index (χ2v) is 3.62. The Morgan fingerprint density at radius 2 is 2.00 bits per heavy atom. The Kier molecular flexibility index (Phi) is 2.76. The SMILES string of the molecule is CC1=C(C(C)OC(=O)C(C)O)C1C. The van der Waals surface area contributed by atoms with Crippen LogP contribution >= 0.6 is 0 Å². The average Bonchev–Trinajstić information content (AvgIpc) is 2.59. The number of ether oxygens (including phenoxy) is 1. The van der Waals surface area contributed by atoms with E-state index < -0.39 is 12.1 Å². The van der Waals surface area contributed by atoms with Crippen LogP contribution in [0.25, 0.3) is 0 Å². The first-order valence-electron chi connectivity index (χ1n) is 4.54. The van der Waals surface area contributed by atoms with Crippen LogP contribution in [0.2, 0.25) is 0 Å². The number of carbonyl (C=O) groups is 1. The largest absolute Gasteiger partial charge is 0.456 e. The normalized spacial score (nSPS) is 25.5. The summed E-state index contributed by atoms with van der Waals surface area (Å²) < 4.78 is 5.03. The van der Waals surface area contributed by atoms with E-state index in [4.69, 9.17) is 9.84 Å². The van der Waals surface area contributed by atoms with E-state index >= 15 is 0 Å². The molecular weight excluding hydrogens is 168 g/mol. The van der Waals surface area contributed by atoms with Gasteiger partial charge in [-0.05, 0) is 26.3 Å². The molecule has 0 saturated carbocycles. The zero-order chi connectivity index (χ0) is 10.2. The molecule has 3 unspecified atom stereocenters. The van der Waals surface area contributed by atoms with Gasteiger partial charge in [-0.25, -0.2) is 4.79 Å². The summed E-state index contributed by atoms with van der Waals surface area (Å²) in [5.74, 6) is -0.0799. The maximum Gasteiger partial charge on any atom is 0.335 e. The van der Waals surface area contributed by atoms with Crippen molar-refractivity contribution in [3.05, 3.63) is 11.1 Å². The standard InChI is InChI=1S/C10H16O3/c1-5-6(2)9(5)8(4)13-10(12)7(3)11/h5,7-8,11H,1-4H3. The third kappa shape index (κ3) is 2.10. The number of esters is 1. The highest BCUT2D eigenvalue weighted by Gasteiger charge is 2.34. The Balaban J connectivity index is 2.43.